The summed E-state index contributed by atoms with van der Waals surface area (Å²) in [5, 5.41) is 9.64. The highest BCUT2D eigenvalue weighted by molar-refractivity contribution is 6.31. The Balaban J connectivity index is 1.71. The van der Waals surface area contributed by atoms with E-state index in [2.05, 4.69) is 22.8 Å². The molecule has 2 atom stereocenters. The Labute approximate surface area is 132 Å². The summed E-state index contributed by atoms with van der Waals surface area (Å²) in [5.74, 6) is 0. The van der Waals surface area contributed by atoms with Gasteiger partial charge in [0.1, 0.15) is 0 Å². The lowest BCUT2D eigenvalue weighted by Crippen LogP contribution is -2.58. The van der Waals surface area contributed by atoms with E-state index in [9.17, 15) is 0 Å². The van der Waals surface area contributed by atoms with E-state index in [-0.39, 0.29) is 0 Å². The van der Waals surface area contributed by atoms with Gasteiger partial charge < -0.3 is 0 Å². The molecule has 21 heavy (non-hydrogen) atoms. The molecule has 0 bridgehead atoms. The predicted molar refractivity (Wildman–Crippen MR) is 85.3 cm³/mol. The minimum atomic E-state index is 0.561. The summed E-state index contributed by atoms with van der Waals surface area (Å²) >= 11 is 6.32. The number of halogens is 1. The molecule has 4 heteroatoms. The molecule has 0 aromatic heterocycles. The first kappa shape index (κ1) is 14.8. The first-order valence-corrected chi connectivity index (χ1v) is 8.22. The number of fused-ring (bicyclic) bond motifs is 1. The number of hydrogen-bond acceptors (Lipinski definition) is 3. The molecule has 0 spiro atoms. The van der Waals surface area contributed by atoms with Crippen molar-refractivity contribution < 1.29 is 0 Å². The lowest BCUT2D eigenvalue weighted by atomic mass is 9.96. The number of hydrogen-bond donors (Lipinski definition) is 0. The molecule has 112 valence electrons. The zero-order chi connectivity index (χ0) is 14.8. The maximum absolute atomic E-state index is 8.92. The third-order valence-electron chi connectivity index (χ3n) is 4.87. The number of piperidine rings is 1. The van der Waals surface area contributed by atoms with Gasteiger partial charge in [0.15, 0.2) is 0 Å². The van der Waals surface area contributed by atoms with Crippen molar-refractivity contribution in [2.45, 2.75) is 44.8 Å². The Morgan fingerprint density at radius 2 is 2.19 bits per heavy atom. The van der Waals surface area contributed by atoms with Crippen molar-refractivity contribution in [1.82, 2.24) is 9.80 Å². The van der Waals surface area contributed by atoms with E-state index in [1.165, 1.54) is 32.4 Å². The molecule has 3 nitrogen and oxygen atoms in total. The second kappa shape index (κ2) is 6.36. The summed E-state index contributed by atoms with van der Waals surface area (Å²) < 4.78 is 0. The average molecular weight is 304 g/mol. The third-order valence-corrected chi connectivity index (χ3v) is 5.22. The van der Waals surface area contributed by atoms with E-state index >= 15 is 0 Å². The normalized spacial score (nSPS) is 27.1. The molecule has 2 aliphatic rings. The monoisotopic (exact) mass is 303 g/mol. The topological polar surface area (TPSA) is 30.3 Å². The molecular formula is C17H22ClN3. The summed E-state index contributed by atoms with van der Waals surface area (Å²) in [4.78, 5) is 5.20. The summed E-state index contributed by atoms with van der Waals surface area (Å²) in [6, 6.07) is 9.06. The van der Waals surface area contributed by atoms with Crippen molar-refractivity contribution in [3.63, 3.8) is 0 Å². The van der Waals surface area contributed by atoms with Crippen LogP contribution in [0, 0.1) is 11.3 Å². The van der Waals surface area contributed by atoms with E-state index in [4.69, 9.17) is 16.9 Å². The van der Waals surface area contributed by atoms with Crippen LogP contribution in [0.1, 0.15) is 37.3 Å². The molecule has 0 aliphatic carbocycles. The number of nitrogens with zero attached hydrogens (tertiary/aromatic N) is 3. The van der Waals surface area contributed by atoms with E-state index in [0.29, 0.717) is 22.7 Å². The van der Waals surface area contributed by atoms with Gasteiger partial charge in [0.2, 0.25) is 0 Å². The first-order valence-electron chi connectivity index (χ1n) is 7.84. The fourth-order valence-electron chi connectivity index (χ4n) is 3.60. The van der Waals surface area contributed by atoms with E-state index in [1.807, 2.05) is 12.1 Å². The van der Waals surface area contributed by atoms with Gasteiger partial charge in [-0.1, -0.05) is 24.1 Å². The molecule has 1 aromatic carbocycles. The van der Waals surface area contributed by atoms with Crippen LogP contribution in [-0.4, -0.2) is 41.5 Å². The summed E-state index contributed by atoms with van der Waals surface area (Å²) in [6.07, 6.45) is 4.04. The van der Waals surface area contributed by atoms with E-state index in [1.54, 1.807) is 6.07 Å². The molecule has 1 aromatic rings. The van der Waals surface area contributed by atoms with Crippen LogP contribution in [0.2, 0.25) is 5.02 Å². The molecular weight excluding hydrogens is 282 g/mol. The molecule has 2 fully saturated rings. The van der Waals surface area contributed by atoms with Gasteiger partial charge >= 0.3 is 0 Å². The van der Waals surface area contributed by atoms with Crippen molar-refractivity contribution in [3.05, 3.63) is 34.3 Å². The van der Waals surface area contributed by atoms with Crippen LogP contribution >= 0.6 is 11.6 Å². The van der Waals surface area contributed by atoms with Gasteiger partial charge in [0, 0.05) is 36.7 Å². The Bertz CT molecular complexity index is 551. The maximum Gasteiger partial charge on any atom is 0.0992 e. The third kappa shape index (κ3) is 3.23. The van der Waals surface area contributed by atoms with Crippen molar-refractivity contribution in [2.24, 2.45) is 0 Å². The smallest absolute Gasteiger partial charge is 0.0992 e. The number of benzene rings is 1. The van der Waals surface area contributed by atoms with Crippen molar-refractivity contribution in [2.75, 3.05) is 19.6 Å². The molecule has 3 rings (SSSR count). The number of piperazine rings is 1. The highest BCUT2D eigenvalue weighted by Crippen LogP contribution is 2.27. The standard InChI is InChI=1S/C17H22ClN3/c1-13-10-20-7-3-2-4-16(20)12-21(13)11-15-6-5-14(9-19)8-17(15)18/h5-6,8,13,16H,2-4,7,10-12H2,1H3. The van der Waals surface area contributed by atoms with Crippen LogP contribution in [-0.2, 0) is 6.54 Å². The van der Waals surface area contributed by atoms with Gasteiger partial charge in [-0.05, 0) is 44.0 Å². The number of rotatable bonds is 2. The molecule has 2 unspecified atom stereocenters. The van der Waals surface area contributed by atoms with Gasteiger partial charge in [-0.3, -0.25) is 9.80 Å². The molecule has 2 heterocycles. The van der Waals surface area contributed by atoms with Gasteiger partial charge in [-0.25, -0.2) is 0 Å². The lowest BCUT2D eigenvalue weighted by molar-refractivity contribution is 0.0111. The predicted octanol–water partition coefficient (Wildman–Crippen LogP) is 3.27. The Kier molecular flexibility index (Phi) is 4.49. The summed E-state index contributed by atoms with van der Waals surface area (Å²) in [5.41, 5.74) is 1.76. The average Bonchev–Trinajstić information content (AvgIpc) is 2.49. The highest BCUT2D eigenvalue weighted by atomic mass is 35.5. The molecule has 2 saturated heterocycles. The maximum atomic E-state index is 8.92. The van der Waals surface area contributed by atoms with Crippen LogP contribution in [0.5, 0.6) is 0 Å². The van der Waals surface area contributed by atoms with Gasteiger partial charge in [0.25, 0.3) is 0 Å². The molecule has 0 amide bonds. The van der Waals surface area contributed by atoms with Crippen LogP contribution in [0.3, 0.4) is 0 Å². The fourth-order valence-corrected chi connectivity index (χ4v) is 3.84. The Hall–Kier alpha value is -1.08. The largest absolute Gasteiger partial charge is 0.298 e. The zero-order valence-electron chi connectivity index (χ0n) is 12.6. The van der Waals surface area contributed by atoms with Crippen LogP contribution < -0.4 is 0 Å². The molecule has 0 N–H and O–H groups in total. The van der Waals surface area contributed by atoms with Crippen molar-refractivity contribution in [1.29, 1.82) is 5.26 Å². The second-order valence-corrected chi connectivity index (χ2v) is 6.75. The Morgan fingerprint density at radius 1 is 1.33 bits per heavy atom. The van der Waals surface area contributed by atoms with Crippen LogP contribution in [0.25, 0.3) is 0 Å². The van der Waals surface area contributed by atoms with Gasteiger partial charge in [-0.2, -0.15) is 5.26 Å². The second-order valence-electron chi connectivity index (χ2n) is 6.34. The number of nitriles is 1. The minimum Gasteiger partial charge on any atom is -0.298 e. The SMILES string of the molecule is CC1CN2CCCCC2CN1Cc1ccc(C#N)cc1Cl. The van der Waals surface area contributed by atoms with Crippen LogP contribution in [0.15, 0.2) is 18.2 Å². The van der Waals surface area contributed by atoms with E-state index < -0.39 is 0 Å². The zero-order valence-corrected chi connectivity index (χ0v) is 13.3. The van der Waals surface area contributed by atoms with Gasteiger partial charge in [-0.15, -0.1) is 0 Å². The summed E-state index contributed by atoms with van der Waals surface area (Å²) in [6.45, 7) is 6.76. The Morgan fingerprint density at radius 3 is 2.95 bits per heavy atom. The summed E-state index contributed by atoms with van der Waals surface area (Å²) in [7, 11) is 0. The molecule has 0 radical (unpaired) electrons. The van der Waals surface area contributed by atoms with Gasteiger partial charge in [0.05, 0.1) is 11.6 Å². The van der Waals surface area contributed by atoms with Crippen LogP contribution in [0.4, 0.5) is 0 Å². The quantitative estimate of drug-likeness (QED) is 0.840. The van der Waals surface area contributed by atoms with Crippen molar-refractivity contribution in [3.8, 4) is 6.07 Å². The van der Waals surface area contributed by atoms with E-state index in [0.717, 1.165) is 18.7 Å². The minimum absolute atomic E-state index is 0.561. The van der Waals surface area contributed by atoms with Crippen molar-refractivity contribution >= 4 is 11.6 Å². The fraction of sp³-hybridized carbons (Fsp3) is 0.588. The first-order chi connectivity index (χ1) is 10.2. The lowest BCUT2D eigenvalue weighted by Gasteiger charge is -2.47. The highest BCUT2D eigenvalue weighted by Gasteiger charge is 2.32. The molecule has 2 aliphatic heterocycles. The molecule has 0 saturated carbocycles.